The smallest absolute Gasteiger partial charge is 0.231 e. The van der Waals surface area contributed by atoms with Gasteiger partial charge in [-0.3, -0.25) is 0 Å². The zero-order valence-corrected chi connectivity index (χ0v) is 11.4. The van der Waals surface area contributed by atoms with Crippen molar-refractivity contribution in [3.05, 3.63) is 17.7 Å². The van der Waals surface area contributed by atoms with E-state index in [0.717, 1.165) is 30.1 Å². The van der Waals surface area contributed by atoms with Gasteiger partial charge in [-0.2, -0.15) is 0 Å². The van der Waals surface area contributed by atoms with E-state index in [1.54, 1.807) is 7.11 Å². The van der Waals surface area contributed by atoms with Gasteiger partial charge in [0.05, 0.1) is 7.11 Å². The van der Waals surface area contributed by atoms with Crippen LogP contribution in [0.4, 0.5) is 0 Å². The Labute approximate surface area is 113 Å². The van der Waals surface area contributed by atoms with Gasteiger partial charge in [-0.15, -0.1) is 0 Å². The molecule has 1 fully saturated rings. The zero-order chi connectivity index (χ0) is 13.3. The zero-order valence-electron chi connectivity index (χ0n) is 11.4. The maximum atomic E-state index is 6.11. The van der Waals surface area contributed by atoms with Crippen molar-refractivity contribution in [2.24, 2.45) is 5.73 Å². The SMILES string of the molecule is COc1c(C2(CN)CCCCC2)ccc2c1OCO2. The molecule has 0 radical (unpaired) electrons. The lowest BCUT2D eigenvalue weighted by Gasteiger charge is -2.37. The van der Waals surface area contributed by atoms with Crippen LogP contribution < -0.4 is 19.9 Å². The molecule has 1 aliphatic heterocycles. The minimum atomic E-state index is 0.0323. The summed E-state index contributed by atoms with van der Waals surface area (Å²) in [6.07, 6.45) is 6.01. The summed E-state index contributed by atoms with van der Waals surface area (Å²) in [7, 11) is 1.69. The fourth-order valence-corrected chi connectivity index (χ4v) is 3.38. The molecule has 1 saturated carbocycles. The molecule has 0 amide bonds. The van der Waals surface area contributed by atoms with E-state index < -0.39 is 0 Å². The summed E-state index contributed by atoms with van der Waals surface area (Å²) in [6.45, 7) is 0.924. The molecule has 0 spiro atoms. The Morgan fingerprint density at radius 1 is 1.21 bits per heavy atom. The van der Waals surface area contributed by atoms with Gasteiger partial charge in [0.25, 0.3) is 0 Å². The van der Waals surface area contributed by atoms with Gasteiger partial charge in [0.1, 0.15) is 0 Å². The Morgan fingerprint density at radius 2 is 2.00 bits per heavy atom. The van der Waals surface area contributed by atoms with Crippen molar-refractivity contribution in [1.82, 2.24) is 0 Å². The van der Waals surface area contributed by atoms with E-state index in [-0.39, 0.29) is 12.2 Å². The Balaban J connectivity index is 2.08. The third-order valence-electron chi connectivity index (χ3n) is 4.47. The highest BCUT2D eigenvalue weighted by Gasteiger charge is 2.37. The van der Waals surface area contributed by atoms with Crippen LogP contribution in [0.15, 0.2) is 12.1 Å². The highest BCUT2D eigenvalue weighted by molar-refractivity contribution is 5.59. The standard InChI is InChI=1S/C15H21NO3/c1-17-13-11(5-6-12-14(13)19-10-18-12)15(9-16)7-3-2-4-8-15/h5-6H,2-4,7-10,16H2,1H3. The van der Waals surface area contributed by atoms with E-state index in [2.05, 4.69) is 6.07 Å². The number of benzene rings is 1. The number of rotatable bonds is 3. The maximum absolute atomic E-state index is 6.11. The average Bonchev–Trinajstić information content (AvgIpc) is 2.95. The summed E-state index contributed by atoms with van der Waals surface area (Å²) in [5.74, 6) is 2.31. The maximum Gasteiger partial charge on any atom is 0.231 e. The van der Waals surface area contributed by atoms with Crippen molar-refractivity contribution >= 4 is 0 Å². The van der Waals surface area contributed by atoms with Crippen LogP contribution in [0.5, 0.6) is 17.2 Å². The molecule has 0 bridgehead atoms. The van der Waals surface area contributed by atoms with Crippen LogP contribution in [0.25, 0.3) is 0 Å². The molecule has 0 unspecified atom stereocenters. The van der Waals surface area contributed by atoms with E-state index in [1.807, 2.05) is 6.07 Å². The van der Waals surface area contributed by atoms with Gasteiger partial charge in [0, 0.05) is 17.5 Å². The van der Waals surface area contributed by atoms with Gasteiger partial charge in [-0.25, -0.2) is 0 Å². The van der Waals surface area contributed by atoms with Crippen LogP contribution in [-0.4, -0.2) is 20.4 Å². The molecule has 0 atom stereocenters. The average molecular weight is 263 g/mol. The van der Waals surface area contributed by atoms with Crippen LogP contribution in [0, 0.1) is 0 Å². The Morgan fingerprint density at radius 3 is 2.68 bits per heavy atom. The van der Waals surface area contributed by atoms with Gasteiger partial charge in [0.15, 0.2) is 11.5 Å². The van der Waals surface area contributed by atoms with Crippen molar-refractivity contribution in [2.75, 3.05) is 20.4 Å². The molecule has 19 heavy (non-hydrogen) atoms. The first-order chi connectivity index (χ1) is 9.30. The fraction of sp³-hybridized carbons (Fsp3) is 0.600. The minimum Gasteiger partial charge on any atom is -0.492 e. The molecule has 1 aliphatic carbocycles. The molecule has 0 saturated heterocycles. The van der Waals surface area contributed by atoms with Gasteiger partial charge in [-0.1, -0.05) is 25.3 Å². The highest BCUT2D eigenvalue weighted by atomic mass is 16.7. The predicted octanol–water partition coefficient (Wildman–Crippen LogP) is 2.58. The molecular formula is C15H21NO3. The molecule has 0 aromatic heterocycles. The Kier molecular flexibility index (Phi) is 3.27. The summed E-state index contributed by atoms with van der Waals surface area (Å²) in [4.78, 5) is 0. The third-order valence-corrected chi connectivity index (χ3v) is 4.47. The largest absolute Gasteiger partial charge is 0.492 e. The van der Waals surface area contributed by atoms with E-state index >= 15 is 0 Å². The summed E-state index contributed by atoms with van der Waals surface area (Å²) in [5, 5.41) is 0. The first-order valence-electron chi connectivity index (χ1n) is 6.98. The van der Waals surface area contributed by atoms with Crippen molar-refractivity contribution < 1.29 is 14.2 Å². The minimum absolute atomic E-state index is 0.0323. The quantitative estimate of drug-likeness (QED) is 0.910. The van der Waals surface area contributed by atoms with E-state index in [4.69, 9.17) is 19.9 Å². The summed E-state index contributed by atoms with van der Waals surface area (Å²) in [5.41, 5.74) is 7.33. The summed E-state index contributed by atoms with van der Waals surface area (Å²) < 4.78 is 16.6. The molecule has 2 N–H and O–H groups in total. The number of fused-ring (bicyclic) bond motifs is 1. The van der Waals surface area contributed by atoms with Gasteiger partial charge in [0.2, 0.25) is 12.5 Å². The third kappa shape index (κ3) is 1.94. The fourth-order valence-electron chi connectivity index (χ4n) is 3.38. The van der Waals surface area contributed by atoms with Crippen molar-refractivity contribution in [2.45, 2.75) is 37.5 Å². The Hall–Kier alpha value is -1.42. The van der Waals surface area contributed by atoms with E-state index in [9.17, 15) is 0 Å². The lowest BCUT2D eigenvalue weighted by atomic mass is 9.69. The predicted molar refractivity (Wildman–Crippen MR) is 72.9 cm³/mol. The molecule has 4 nitrogen and oxygen atoms in total. The number of methoxy groups -OCH3 is 1. The van der Waals surface area contributed by atoms with Gasteiger partial charge >= 0.3 is 0 Å². The Bertz CT molecular complexity index is 467. The number of hydrogen-bond acceptors (Lipinski definition) is 4. The van der Waals surface area contributed by atoms with Crippen LogP contribution in [0.1, 0.15) is 37.7 Å². The normalized spacial score (nSPS) is 20.3. The second kappa shape index (κ2) is 4.93. The van der Waals surface area contributed by atoms with Crippen LogP contribution in [-0.2, 0) is 5.41 Å². The lowest BCUT2D eigenvalue weighted by molar-refractivity contribution is 0.170. The van der Waals surface area contributed by atoms with Crippen molar-refractivity contribution in [3.63, 3.8) is 0 Å². The van der Waals surface area contributed by atoms with Crippen LogP contribution >= 0.6 is 0 Å². The van der Waals surface area contributed by atoms with Gasteiger partial charge in [-0.05, 0) is 18.9 Å². The molecule has 4 heteroatoms. The van der Waals surface area contributed by atoms with E-state index in [1.165, 1.54) is 24.8 Å². The lowest BCUT2D eigenvalue weighted by Crippen LogP contribution is -2.37. The topological polar surface area (TPSA) is 53.7 Å². The molecule has 1 aromatic carbocycles. The van der Waals surface area contributed by atoms with Crippen LogP contribution in [0.3, 0.4) is 0 Å². The second-order valence-electron chi connectivity index (χ2n) is 5.43. The van der Waals surface area contributed by atoms with Gasteiger partial charge < -0.3 is 19.9 Å². The monoisotopic (exact) mass is 263 g/mol. The van der Waals surface area contributed by atoms with Crippen molar-refractivity contribution in [1.29, 1.82) is 0 Å². The first-order valence-corrected chi connectivity index (χ1v) is 6.98. The summed E-state index contributed by atoms with van der Waals surface area (Å²) in [6, 6.07) is 4.08. The molecule has 1 aromatic rings. The highest BCUT2D eigenvalue weighted by Crippen LogP contribution is 2.50. The van der Waals surface area contributed by atoms with Crippen LogP contribution in [0.2, 0.25) is 0 Å². The molecular weight excluding hydrogens is 242 g/mol. The second-order valence-corrected chi connectivity index (χ2v) is 5.43. The summed E-state index contributed by atoms with van der Waals surface area (Å²) >= 11 is 0. The number of nitrogens with two attached hydrogens (primary N) is 1. The number of hydrogen-bond donors (Lipinski definition) is 1. The molecule has 2 aliphatic rings. The molecule has 104 valence electrons. The van der Waals surface area contributed by atoms with E-state index in [0.29, 0.717) is 6.54 Å². The van der Waals surface area contributed by atoms with Crippen molar-refractivity contribution in [3.8, 4) is 17.2 Å². The molecule has 1 heterocycles. The number of ether oxygens (including phenoxy) is 3. The molecule has 3 rings (SSSR count). The first kappa shape index (κ1) is 12.6.